The molecule has 0 spiro atoms. The molecule has 2 aromatic heterocycles. The minimum absolute atomic E-state index is 0.117. The summed E-state index contributed by atoms with van der Waals surface area (Å²) in [4.78, 5) is 30.7. The first-order chi connectivity index (χ1) is 11.6. The van der Waals surface area contributed by atoms with Crippen molar-refractivity contribution in [2.75, 3.05) is 0 Å². The number of aliphatic carboxylic acids is 1. The number of carbonyl (C=O) groups excluding carboxylic acids is 1. The van der Waals surface area contributed by atoms with Crippen LogP contribution in [0.1, 0.15) is 23.3 Å². The molecule has 0 atom stereocenters. The molecule has 24 heavy (non-hydrogen) atoms. The Bertz CT molecular complexity index is 932. The fourth-order valence-electron chi connectivity index (χ4n) is 2.50. The lowest BCUT2D eigenvalue weighted by atomic mass is 10.0. The zero-order chi connectivity index (χ0) is 17.1. The number of carbonyl (C=O) groups is 2. The van der Waals surface area contributed by atoms with Crippen LogP contribution in [0.2, 0.25) is 0 Å². The van der Waals surface area contributed by atoms with Crippen molar-refractivity contribution in [3.63, 3.8) is 0 Å². The average molecular weight is 322 g/mol. The summed E-state index contributed by atoms with van der Waals surface area (Å²) >= 11 is 0. The number of aromatic hydroxyl groups is 1. The van der Waals surface area contributed by atoms with E-state index < -0.39 is 11.8 Å². The normalized spacial score (nSPS) is 10.7. The molecule has 3 aromatic rings. The van der Waals surface area contributed by atoms with Crippen molar-refractivity contribution in [3.05, 3.63) is 54.6 Å². The molecule has 1 aromatic carbocycles. The van der Waals surface area contributed by atoms with Gasteiger partial charge in [-0.15, -0.1) is 0 Å². The van der Waals surface area contributed by atoms with E-state index in [1.807, 2.05) is 24.3 Å². The monoisotopic (exact) mass is 322 g/mol. The van der Waals surface area contributed by atoms with Crippen LogP contribution >= 0.6 is 0 Å². The Hall–Kier alpha value is -3.28. The van der Waals surface area contributed by atoms with E-state index >= 15 is 0 Å². The second-order valence-electron chi connectivity index (χ2n) is 5.32. The maximum atomic E-state index is 11.9. The highest BCUT2D eigenvalue weighted by Gasteiger charge is 2.16. The largest absolute Gasteiger partial charge is 0.506 e. The molecule has 0 aliphatic heterocycles. The molecule has 0 aliphatic rings. The van der Waals surface area contributed by atoms with E-state index in [0.717, 1.165) is 16.3 Å². The molecule has 6 nitrogen and oxygen atoms in total. The van der Waals surface area contributed by atoms with Gasteiger partial charge in [-0.25, -0.2) is 4.98 Å². The summed E-state index contributed by atoms with van der Waals surface area (Å²) in [6.07, 6.45) is 4.40. The molecule has 2 heterocycles. The Balaban J connectivity index is 1.97. The Morgan fingerprint density at radius 1 is 1.04 bits per heavy atom. The van der Waals surface area contributed by atoms with E-state index in [9.17, 15) is 14.7 Å². The zero-order valence-electron chi connectivity index (χ0n) is 12.6. The number of fused-ring (bicyclic) bond motifs is 1. The van der Waals surface area contributed by atoms with Gasteiger partial charge < -0.3 is 10.2 Å². The maximum Gasteiger partial charge on any atom is 0.303 e. The topological polar surface area (TPSA) is 100 Å². The smallest absolute Gasteiger partial charge is 0.303 e. The summed E-state index contributed by atoms with van der Waals surface area (Å²) in [6.45, 7) is 0. The highest BCUT2D eigenvalue weighted by molar-refractivity contribution is 5.99. The van der Waals surface area contributed by atoms with Crippen molar-refractivity contribution in [1.29, 1.82) is 0 Å². The van der Waals surface area contributed by atoms with Gasteiger partial charge in [0.2, 0.25) is 0 Å². The van der Waals surface area contributed by atoms with Crippen LogP contribution in [0.3, 0.4) is 0 Å². The average Bonchev–Trinajstić information content (AvgIpc) is 2.59. The highest BCUT2D eigenvalue weighted by atomic mass is 16.4. The summed E-state index contributed by atoms with van der Waals surface area (Å²) in [6, 6.07) is 9.14. The molecule has 0 amide bonds. The lowest BCUT2D eigenvalue weighted by Crippen LogP contribution is -2.06. The summed E-state index contributed by atoms with van der Waals surface area (Å²) in [7, 11) is 0. The fourth-order valence-corrected chi connectivity index (χ4v) is 2.50. The van der Waals surface area contributed by atoms with Crippen LogP contribution in [-0.2, 0) is 4.79 Å². The van der Waals surface area contributed by atoms with Crippen LogP contribution in [0.15, 0.2) is 48.9 Å². The number of nitrogens with zero attached hydrogens (tertiary/aromatic N) is 2. The van der Waals surface area contributed by atoms with E-state index in [1.54, 1.807) is 12.4 Å². The third kappa shape index (κ3) is 3.08. The number of carboxylic acid groups (broad SMARTS) is 1. The minimum atomic E-state index is -1.07. The molecule has 0 saturated carbocycles. The van der Waals surface area contributed by atoms with E-state index in [0.29, 0.717) is 5.56 Å². The van der Waals surface area contributed by atoms with E-state index in [1.165, 1.54) is 12.3 Å². The Morgan fingerprint density at radius 3 is 2.58 bits per heavy atom. The number of ketones is 1. The number of hydrogen-bond donors (Lipinski definition) is 2. The number of benzene rings is 1. The first-order valence-corrected chi connectivity index (χ1v) is 7.33. The number of carboxylic acids is 1. The molecule has 2 N–H and O–H groups in total. The molecule has 120 valence electrons. The molecule has 0 unspecified atom stereocenters. The quantitative estimate of drug-likeness (QED) is 0.700. The fraction of sp³-hybridized carbons (Fsp3) is 0.111. The standard InChI is InChI=1S/C18H14N2O4/c21-15(5-6-17(23)24)18-16(22)7-12(9-20-18)14-10-19-8-11-3-1-2-4-13(11)14/h1-4,7-10,22H,5-6H2,(H,23,24). The van der Waals surface area contributed by atoms with Gasteiger partial charge in [-0.1, -0.05) is 24.3 Å². The molecule has 0 bridgehead atoms. The maximum absolute atomic E-state index is 11.9. The number of Topliss-reactive ketones (excluding diaryl/α,β-unsaturated/α-hetero) is 1. The van der Waals surface area contributed by atoms with Crippen molar-refractivity contribution < 1.29 is 19.8 Å². The summed E-state index contributed by atoms with van der Waals surface area (Å²) in [5, 5.41) is 20.7. The van der Waals surface area contributed by atoms with Crippen LogP contribution in [0, 0.1) is 0 Å². The number of pyridine rings is 2. The van der Waals surface area contributed by atoms with Crippen molar-refractivity contribution in [2.24, 2.45) is 0 Å². The number of hydrogen-bond acceptors (Lipinski definition) is 5. The van der Waals surface area contributed by atoms with Crippen LogP contribution in [0.4, 0.5) is 0 Å². The molecular weight excluding hydrogens is 308 g/mol. The third-order valence-electron chi connectivity index (χ3n) is 3.68. The van der Waals surface area contributed by atoms with Crippen LogP contribution < -0.4 is 0 Å². The van der Waals surface area contributed by atoms with Gasteiger partial charge in [-0.2, -0.15) is 0 Å². The van der Waals surface area contributed by atoms with Gasteiger partial charge in [0.05, 0.1) is 6.42 Å². The SMILES string of the molecule is O=C(O)CCC(=O)c1ncc(-c2cncc3ccccc23)cc1O. The summed E-state index contributed by atoms with van der Waals surface area (Å²) in [5.41, 5.74) is 1.31. The molecular formula is C18H14N2O4. The molecule has 0 fully saturated rings. The van der Waals surface area contributed by atoms with Gasteiger partial charge in [0, 0.05) is 41.5 Å². The van der Waals surface area contributed by atoms with Crippen molar-refractivity contribution in [1.82, 2.24) is 9.97 Å². The van der Waals surface area contributed by atoms with Gasteiger partial charge in [-0.3, -0.25) is 14.6 Å². The zero-order valence-corrected chi connectivity index (χ0v) is 12.6. The molecule has 0 saturated heterocycles. The van der Waals surface area contributed by atoms with Crippen molar-refractivity contribution >= 4 is 22.5 Å². The van der Waals surface area contributed by atoms with Crippen LogP contribution in [0.25, 0.3) is 21.9 Å². The van der Waals surface area contributed by atoms with E-state index in [-0.39, 0.29) is 24.3 Å². The molecule has 0 aliphatic carbocycles. The van der Waals surface area contributed by atoms with Gasteiger partial charge in [-0.05, 0) is 11.5 Å². The first-order valence-electron chi connectivity index (χ1n) is 7.33. The highest BCUT2D eigenvalue weighted by Crippen LogP contribution is 2.30. The van der Waals surface area contributed by atoms with Gasteiger partial charge in [0.1, 0.15) is 11.4 Å². The van der Waals surface area contributed by atoms with E-state index in [2.05, 4.69) is 9.97 Å². The van der Waals surface area contributed by atoms with E-state index in [4.69, 9.17) is 5.11 Å². The van der Waals surface area contributed by atoms with Gasteiger partial charge >= 0.3 is 5.97 Å². The number of rotatable bonds is 5. The lowest BCUT2D eigenvalue weighted by molar-refractivity contribution is -0.136. The van der Waals surface area contributed by atoms with Crippen LogP contribution in [-0.4, -0.2) is 31.9 Å². The molecule has 6 heteroatoms. The Kier molecular flexibility index (Phi) is 4.20. The van der Waals surface area contributed by atoms with Gasteiger partial charge in [0.25, 0.3) is 0 Å². The second kappa shape index (κ2) is 6.45. The second-order valence-corrected chi connectivity index (χ2v) is 5.32. The third-order valence-corrected chi connectivity index (χ3v) is 3.68. The lowest BCUT2D eigenvalue weighted by Gasteiger charge is -2.08. The predicted octanol–water partition coefficient (Wildman–Crippen LogP) is 3.05. The summed E-state index contributed by atoms with van der Waals surface area (Å²) in [5.74, 6) is -1.84. The molecule has 3 rings (SSSR count). The van der Waals surface area contributed by atoms with Crippen molar-refractivity contribution in [2.45, 2.75) is 12.8 Å². The van der Waals surface area contributed by atoms with Crippen molar-refractivity contribution in [3.8, 4) is 16.9 Å². The van der Waals surface area contributed by atoms with Gasteiger partial charge in [0.15, 0.2) is 5.78 Å². The minimum Gasteiger partial charge on any atom is -0.506 e. The Labute approximate surface area is 137 Å². The Morgan fingerprint density at radius 2 is 1.83 bits per heavy atom. The first kappa shape index (κ1) is 15.6. The molecule has 0 radical (unpaired) electrons. The summed E-state index contributed by atoms with van der Waals surface area (Å²) < 4.78 is 0. The van der Waals surface area contributed by atoms with Crippen LogP contribution in [0.5, 0.6) is 5.75 Å². The number of aromatic nitrogens is 2. The predicted molar refractivity (Wildman–Crippen MR) is 87.8 cm³/mol.